The number of amides is 1. The number of aromatic nitrogens is 2. The number of nitrogens with one attached hydrogen (secondary N) is 1. The molecule has 23 heavy (non-hydrogen) atoms. The van der Waals surface area contributed by atoms with Gasteiger partial charge in [-0.2, -0.15) is 4.98 Å². The highest BCUT2D eigenvalue weighted by atomic mass is 32.2. The highest BCUT2D eigenvalue weighted by molar-refractivity contribution is 7.90. The van der Waals surface area contributed by atoms with Crippen molar-refractivity contribution >= 4 is 15.7 Å². The van der Waals surface area contributed by atoms with E-state index in [1.165, 1.54) is 13.1 Å². The summed E-state index contributed by atoms with van der Waals surface area (Å²) < 4.78 is 42.2. The van der Waals surface area contributed by atoms with Crippen LogP contribution in [-0.4, -0.2) is 37.3 Å². The average Bonchev–Trinajstić information content (AvgIpc) is 2.95. The Morgan fingerprint density at radius 2 is 2.13 bits per heavy atom. The predicted octanol–water partition coefficient (Wildman–Crippen LogP) is 1.24. The van der Waals surface area contributed by atoms with Gasteiger partial charge in [-0.05, 0) is 18.6 Å². The van der Waals surface area contributed by atoms with E-state index in [-0.39, 0.29) is 29.8 Å². The van der Waals surface area contributed by atoms with Gasteiger partial charge in [-0.15, -0.1) is 0 Å². The summed E-state index contributed by atoms with van der Waals surface area (Å²) >= 11 is 0. The topological polar surface area (TPSA) is 102 Å². The second kappa shape index (κ2) is 6.86. The molecule has 0 atom stereocenters. The molecule has 1 heterocycles. The number of sulfone groups is 1. The number of rotatable bonds is 6. The maximum Gasteiger partial charge on any atom is 0.242 e. The van der Waals surface area contributed by atoms with Crippen molar-refractivity contribution in [3.05, 3.63) is 35.5 Å². The summed E-state index contributed by atoms with van der Waals surface area (Å²) in [5.41, 5.74) is 0.875. The molecule has 1 aromatic heterocycles. The molecule has 0 unspecified atom stereocenters. The molecule has 9 heteroatoms. The van der Waals surface area contributed by atoms with E-state index in [2.05, 4.69) is 15.5 Å². The van der Waals surface area contributed by atoms with Crippen LogP contribution in [0.4, 0.5) is 4.39 Å². The van der Waals surface area contributed by atoms with Crippen LogP contribution in [0.3, 0.4) is 0 Å². The molecular formula is C14H16FN3O4S. The number of nitrogens with zero attached hydrogens (tertiary/aromatic N) is 2. The molecule has 0 saturated carbocycles. The van der Waals surface area contributed by atoms with Crippen molar-refractivity contribution in [2.75, 3.05) is 12.8 Å². The van der Waals surface area contributed by atoms with Gasteiger partial charge in [-0.1, -0.05) is 17.3 Å². The summed E-state index contributed by atoms with van der Waals surface area (Å²) in [6.45, 7) is 1.62. The van der Waals surface area contributed by atoms with Gasteiger partial charge in [-0.25, -0.2) is 12.8 Å². The molecule has 0 aliphatic carbocycles. The van der Waals surface area contributed by atoms with E-state index < -0.39 is 21.4 Å². The Bertz CT molecular complexity index is 817. The predicted molar refractivity (Wildman–Crippen MR) is 80.6 cm³/mol. The first-order valence-corrected chi connectivity index (χ1v) is 8.63. The molecule has 7 nitrogen and oxygen atoms in total. The molecule has 0 aliphatic rings. The van der Waals surface area contributed by atoms with Crippen molar-refractivity contribution in [3.63, 3.8) is 0 Å². The van der Waals surface area contributed by atoms with Crippen molar-refractivity contribution in [1.82, 2.24) is 15.5 Å². The van der Waals surface area contributed by atoms with E-state index in [1.807, 2.05) is 0 Å². The summed E-state index contributed by atoms with van der Waals surface area (Å²) in [6, 6.07) is 4.44. The molecule has 0 radical (unpaired) electrons. The highest BCUT2D eigenvalue weighted by Gasteiger charge is 2.19. The van der Waals surface area contributed by atoms with Crippen molar-refractivity contribution in [2.45, 2.75) is 19.1 Å². The van der Waals surface area contributed by atoms with Gasteiger partial charge in [-0.3, -0.25) is 4.79 Å². The van der Waals surface area contributed by atoms with Crippen LogP contribution < -0.4 is 5.32 Å². The molecule has 0 spiro atoms. The molecule has 0 fully saturated rings. The van der Waals surface area contributed by atoms with Crippen LogP contribution in [0, 0.1) is 12.7 Å². The molecule has 124 valence electrons. The standard InChI is InChI=1S/C14H16FN3O4S/c1-9-3-4-10(7-11(9)15)14-17-13(22-18-14)8-23(20,21)6-5-12(19)16-2/h3-4,7H,5-6,8H2,1-2H3,(H,16,19). The van der Waals surface area contributed by atoms with E-state index >= 15 is 0 Å². The van der Waals surface area contributed by atoms with Gasteiger partial charge in [0.05, 0.1) is 5.75 Å². The largest absolute Gasteiger partial charge is 0.359 e. The fourth-order valence-corrected chi connectivity index (χ4v) is 2.93. The Kier molecular flexibility index (Phi) is 5.09. The average molecular weight is 341 g/mol. The number of carbonyl (C=O) groups excluding carboxylic acids is 1. The minimum Gasteiger partial charge on any atom is -0.359 e. The van der Waals surface area contributed by atoms with E-state index in [0.29, 0.717) is 11.1 Å². The Morgan fingerprint density at radius 3 is 2.78 bits per heavy atom. The van der Waals surface area contributed by atoms with E-state index in [0.717, 1.165) is 0 Å². The molecule has 1 amide bonds. The zero-order valence-electron chi connectivity index (χ0n) is 12.7. The zero-order valence-corrected chi connectivity index (χ0v) is 13.5. The summed E-state index contributed by atoms with van der Waals surface area (Å²) in [6.07, 6.45) is -0.136. The zero-order chi connectivity index (χ0) is 17.0. The maximum atomic E-state index is 13.5. The van der Waals surface area contributed by atoms with Crippen LogP contribution in [0.15, 0.2) is 22.7 Å². The van der Waals surface area contributed by atoms with Crippen LogP contribution in [0.2, 0.25) is 0 Å². The number of aryl methyl sites for hydroxylation is 1. The van der Waals surface area contributed by atoms with Gasteiger partial charge in [0.2, 0.25) is 17.6 Å². The van der Waals surface area contributed by atoms with Gasteiger partial charge >= 0.3 is 0 Å². The van der Waals surface area contributed by atoms with Crippen molar-refractivity contribution < 1.29 is 22.1 Å². The monoisotopic (exact) mass is 341 g/mol. The smallest absolute Gasteiger partial charge is 0.242 e. The summed E-state index contributed by atoms with van der Waals surface area (Å²) in [5, 5.41) is 6.00. The van der Waals surface area contributed by atoms with E-state index in [4.69, 9.17) is 4.52 Å². The third kappa shape index (κ3) is 4.59. The Hall–Kier alpha value is -2.29. The first-order valence-electron chi connectivity index (χ1n) is 6.81. The molecular weight excluding hydrogens is 325 g/mol. The Labute approximate surface area is 132 Å². The molecule has 0 aliphatic heterocycles. The number of hydrogen-bond acceptors (Lipinski definition) is 6. The van der Waals surface area contributed by atoms with Crippen molar-refractivity contribution in [3.8, 4) is 11.4 Å². The highest BCUT2D eigenvalue weighted by Crippen LogP contribution is 2.19. The normalized spacial score (nSPS) is 11.4. The third-order valence-electron chi connectivity index (χ3n) is 3.16. The van der Waals surface area contributed by atoms with Crippen molar-refractivity contribution in [1.29, 1.82) is 0 Å². The van der Waals surface area contributed by atoms with E-state index in [9.17, 15) is 17.6 Å². The minimum atomic E-state index is -3.55. The molecule has 1 N–H and O–H groups in total. The van der Waals surface area contributed by atoms with Gasteiger partial charge in [0.25, 0.3) is 0 Å². The molecule has 0 bridgehead atoms. The van der Waals surface area contributed by atoms with Crippen LogP contribution in [-0.2, 0) is 20.4 Å². The van der Waals surface area contributed by atoms with Crippen LogP contribution in [0.25, 0.3) is 11.4 Å². The molecule has 1 aromatic carbocycles. The summed E-state index contributed by atoms with van der Waals surface area (Å²) in [5.74, 6) is -1.55. The first-order chi connectivity index (χ1) is 10.8. The second-order valence-corrected chi connectivity index (χ2v) is 7.17. The first kappa shape index (κ1) is 17.1. The third-order valence-corrected chi connectivity index (χ3v) is 4.67. The fourth-order valence-electron chi connectivity index (χ4n) is 1.80. The SMILES string of the molecule is CNC(=O)CCS(=O)(=O)Cc1nc(-c2ccc(C)c(F)c2)no1. The van der Waals surface area contributed by atoms with Gasteiger partial charge in [0.15, 0.2) is 9.84 Å². The van der Waals surface area contributed by atoms with Gasteiger partial charge in [0, 0.05) is 19.0 Å². The van der Waals surface area contributed by atoms with Crippen LogP contribution in [0.5, 0.6) is 0 Å². The maximum absolute atomic E-state index is 13.5. The quantitative estimate of drug-likeness (QED) is 0.848. The summed E-state index contributed by atoms with van der Waals surface area (Å²) in [4.78, 5) is 15.1. The lowest BCUT2D eigenvalue weighted by atomic mass is 10.1. The minimum absolute atomic E-state index is 0.0992. The van der Waals surface area contributed by atoms with Crippen LogP contribution in [0.1, 0.15) is 17.9 Å². The van der Waals surface area contributed by atoms with E-state index in [1.54, 1.807) is 19.1 Å². The number of carbonyl (C=O) groups is 1. The molecule has 0 saturated heterocycles. The lowest BCUT2D eigenvalue weighted by Gasteiger charge is -2.00. The Balaban J connectivity index is 2.10. The molecule has 2 rings (SSSR count). The lowest BCUT2D eigenvalue weighted by Crippen LogP contribution is -2.22. The van der Waals surface area contributed by atoms with Crippen molar-refractivity contribution in [2.24, 2.45) is 0 Å². The summed E-state index contributed by atoms with van der Waals surface area (Å²) in [7, 11) is -2.12. The fraction of sp³-hybridized carbons (Fsp3) is 0.357. The molecule has 2 aromatic rings. The van der Waals surface area contributed by atoms with Gasteiger partial charge < -0.3 is 9.84 Å². The number of benzene rings is 1. The number of halogens is 1. The van der Waals surface area contributed by atoms with Crippen LogP contribution >= 0.6 is 0 Å². The lowest BCUT2D eigenvalue weighted by molar-refractivity contribution is -0.120. The Morgan fingerprint density at radius 1 is 1.39 bits per heavy atom. The van der Waals surface area contributed by atoms with Gasteiger partial charge in [0.1, 0.15) is 11.6 Å². The number of hydrogen-bond donors (Lipinski definition) is 1. The second-order valence-electron chi connectivity index (χ2n) is 4.99.